The van der Waals surface area contributed by atoms with Crippen molar-refractivity contribution >= 4 is 86.4 Å². The molecule has 0 bridgehead atoms. The summed E-state index contributed by atoms with van der Waals surface area (Å²) < 4.78 is 48.8. The van der Waals surface area contributed by atoms with Gasteiger partial charge in [-0.15, -0.1) is 0 Å². The highest BCUT2D eigenvalue weighted by molar-refractivity contribution is 9.10. The lowest BCUT2D eigenvalue weighted by molar-refractivity contribution is 0.00578. The maximum absolute atomic E-state index is 6.13. The van der Waals surface area contributed by atoms with Crippen LogP contribution in [0.2, 0.25) is 0 Å². The lowest BCUT2D eigenvalue weighted by Gasteiger charge is -2.32. The van der Waals surface area contributed by atoms with Gasteiger partial charge in [0.05, 0.1) is 33.6 Å². The number of hydrogen-bond acceptors (Lipinski definition) is 8. The number of fused-ring (bicyclic) bond motifs is 6. The van der Waals surface area contributed by atoms with Crippen molar-refractivity contribution in [2.45, 2.75) is 117 Å². The zero-order chi connectivity index (χ0) is 39.1. The SMILES string of the molecule is Brc1ccc2oc3ccccc3c2c1.CC1(C)OB(B2OC(C)(C)C(C)(C)O2)OC1(C)C.CC1(C)OB(c2ccc3oc4ccccc4c3c2)OC1(C)C. The Morgan fingerprint density at radius 3 is 1.19 bits per heavy atom. The van der Waals surface area contributed by atoms with Crippen molar-refractivity contribution in [2.24, 2.45) is 0 Å². The van der Waals surface area contributed by atoms with Crippen molar-refractivity contribution in [1.82, 2.24) is 0 Å². The summed E-state index contributed by atoms with van der Waals surface area (Å²) in [6.45, 7) is 24.5. The molecule has 4 aromatic carbocycles. The molecule has 6 aromatic rings. The van der Waals surface area contributed by atoms with E-state index in [1.54, 1.807) is 0 Å². The highest BCUT2D eigenvalue weighted by Gasteiger charge is 2.63. The lowest BCUT2D eigenvalue weighted by Crippen LogP contribution is -2.41. The van der Waals surface area contributed by atoms with E-state index in [0.29, 0.717) is 0 Å². The van der Waals surface area contributed by atoms with Crippen molar-refractivity contribution in [3.05, 3.63) is 89.4 Å². The van der Waals surface area contributed by atoms with Gasteiger partial charge in [0.25, 0.3) is 0 Å². The zero-order valence-electron chi connectivity index (χ0n) is 33.5. The third-order valence-corrected chi connectivity index (χ3v) is 12.5. The van der Waals surface area contributed by atoms with E-state index in [9.17, 15) is 0 Å². The molecular formula is C42H50B3BrO8. The molecule has 8 nitrogen and oxygen atoms in total. The highest BCUT2D eigenvalue weighted by Crippen LogP contribution is 2.43. The van der Waals surface area contributed by atoms with Crippen LogP contribution >= 0.6 is 15.9 Å². The number of rotatable bonds is 2. The van der Waals surface area contributed by atoms with Gasteiger partial charge in [-0.2, -0.15) is 0 Å². The van der Waals surface area contributed by atoms with E-state index in [1.165, 1.54) is 5.39 Å². The van der Waals surface area contributed by atoms with Crippen LogP contribution in [0.3, 0.4) is 0 Å². The van der Waals surface area contributed by atoms with E-state index in [0.717, 1.165) is 48.4 Å². The van der Waals surface area contributed by atoms with Gasteiger partial charge in [-0.25, -0.2) is 0 Å². The molecule has 3 fully saturated rings. The van der Waals surface area contributed by atoms with Crippen LogP contribution in [-0.4, -0.2) is 54.7 Å². The Labute approximate surface area is 328 Å². The molecule has 0 N–H and O–H groups in total. The van der Waals surface area contributed by atoms with Gasteiger partial charge in [-0.1, -0.05) is 64.5 Å². The molecule has 3 aliphatic heterocycles. The van der Waals surface area contributed by atoms with E-state index >= 15 is 0 Å². The van der Waals surface area contributed by atoms with Gasteiger partial charge in [0.2, 0.25) is 0 Å². The first-order chi connectivity index (χ1) is 25.1. The first kappa shape index (κ1) is 39.2. The van der Waals surface area contributed by atoms with Gasteiger partial charge in [0.15, 0.2) is 0 Å². The molecule has 5 heterocycles. The summed E-state index contributed by atoms with van der Waals surface area (Å²) in [5, 5.41) is 4.55. The number of para-hydroxylation sites is 2. The van der Waals surface area contributed by atoms with Crippen molar-refractivity contribution in [2.75, 3.05) is 0 Å². The topological polar surface area (TPSA) is 81.7 Å². The molecule has 54 heavy (non-hydrogen) atoms. The molecule has 0 spiro atoms. The Morgan fingerprint density at radius 2 is 0.741 bits per heavy atom. The average molecular weight is 795 g/mol. The smallest absolute Gasteiger partial charge is 0.456 e. The average Bonchev–Trinajstić information content (AvgIpc) is 3.81. The number of hydrogen-bond donors (Lipinski definition) is 0. The molecule has 0 atom stereocenters. The molecule has 282 valence electrons. The van der Waals surface area contributed by atoms with Crippen LogP contribution in [-0.2, 0) is 27.9 Å². The largest absolute Gasteiger partial charge is 0.494 e. The fourth-order valence-corrected chi connectivity index (χ4v) is 6.93. The molecule has 3 aliphatic rings. The molecular weight excluding hydrogens is 745 g/mol. The van der Waals surface area contributed by atoms with Gasteiger partial charge in [-0.3, -0.25) is 0 Å². The quantitative estimate of drug-likeness (QED) is 0.160. The number of halogens is 1. The first-order valence-corrected chi connectivity index (χ1v) is 19.4. The fraction of sp³-hybridized carbons (Fsp3) is 0.429. The van der Waals surface area contributed by atoms with Crippen molar-refractivity contribution in [3.8, 4) is 0 Å². The second-order valence-electron chi connectivity index (χ2n) is 17.4. The molecule has 0 saturated carbocycles. The Balaban J connectivity index is 0.000000128. The van der Waals surface area contributed by atoms with Gasteiger partial charge < -0.3 is 36.8 Å². The van der Waals surface area contributed by atoms with Crippen LogP contribution < -0.4 is 5.46 Å². The van der Waals surface area contributed by atoms with Gasteiger partial charge in [0, 0.05) is 26.0 Å². The third kappa shape index (κ3) is 7.08. The summed E-state index contributed by atoms with van der Waals surface area (Å²) in [5.41, 5.74) is 2.61. The Morgan fingerprint density at radius 1 is 0.389 bits per heavy atom. The number of benzene rings is 4. The minimum Gasteiger partial charge on any atom is -0.456 e. The molecule has 0 unspecified atom stereocenters. The summed E-state index contributed by atoms with van der Waals surface area (Å²) in [6.07, 6.45) is 0. The van der Waals surface area contributed by atoms with E-state index in [-0.39, 0.29) is 40.7 Å². The van der Waals surface area contributed by atoms with Crippen LogP contribution in [0.15, 0.2) is 98.2 Å². The normalized spacial score (nSPS) is 21.8. The highest BCUT2D eigenvalue weighted by atomic mass is 79.9. The van der Waals surface area contributed by atoms with Crippen LogP contribution in [0.5, 0.6) is 0 Å². The fourth-order valence-electron chi connectivity index (χ4n) is 6.57. The predicted molar refractivity (Wildman–Crippen MR) is 223 cm³/mol. The van der Waals surface area contributed by atoms with Crippen molar-refractivity contribution < 1.29 is 36.8 Å². The second-order valence-corrected chi connectivity index (χ2v) is 18.3. The molecule has 2 aromatic heterocycles. The summed E-state index contributed by atoms with van der Waals surface area (Å²) in [7, 11) is -1.30. The minimum atomic E-state index is -0.476. The standard InChI is InChI=1S/C18H19BO3.C12H24B2O4.C12H7BrO/c1-17(2)18(3,4)22-19(21-17)12-9-10-16-14(11-12)13-7-5-6-8-15(13)20-16;1-9(2)10(3,4)16-13(15-9)14-17-11(5,6)12(7,8)18-14;13-8-5-6-12-10(7-8)9-3-1-2-4-11(9)14-12/h5-11H,1-4H3;1-8H3;1-7H. The van der Waals surface area contributed by atoms with Crippen LogP contribution in [0.1, 0.15) is 83.1 Å². The second kappa shape index (κ2) is 13.5. The molecule has 0 radical (unpaired) electrons. The van der Waals surface area contributed by atoms with E-state index in [2.05, 4.69) is 67.9 Å². The monoisotopic (exact) mass is 794 g/mol. The predicted octanol–water partition coefficient (Wildman–Crippen LogP) is 10.5. The number of furan rings is 2. The van der Waals surface area contributed by atoms with Gasteiger partial charge in [0.1, 0.15) is 22.3 Å². The Hall–Kier alpha value is -3.09. The van der Waals surface area contributed by atoms with Gasteiger partial charge in [-0.05, 0) is 125 Å². The van der Waals surface area contributed by atoms with Gasteiger partial charge >= 0.3 is 21.1 Å². The Bertz CT molecular complexity index is 2240. The summed E-state index contributed by atoms with van der Waals surface area (Å²) in [4.78, 5) is 0. The molecule has 0 amide bonds. The van der Waals surface area contributed by atoms with Crippen LogP contribution in [0.4, 0.5) is 0 Å². The molecule has 3 saturated heterocycles. The van der Waals surface area contributed by atoms with Crippen molar-refractivity contribution in [1.29, 1.82) is 0 Å². The minimum absolute atomic E-state index is 0.328. The maximum Gasteiger partial charge on any atom is 0.494 e. The van der Waals surface area contributed by atoms with E-state index in [1.807, 2.05) is 116 Å². The van der Waals surface area contributed by atoms with Crippen molar-refractivity contribution in [3.63, 3.8) is 0 Å². The Kier molecular flexibility index (Phi) is 9.82. The third-order valence-electron chi connectivity index (χ3n) is 12.0. The van der Waals surface area contributed by atoms with E-state index < -0.39 is 14.0 Å². The lowest BCUT2D eigenvalue weighted by atomic mass is 9.49. The maximum atomic E-state index is 6.13. The summed E-state index contributed by atoms with van der Waals surface area (Å²) in [6, 6.07) is 28.4. The summed E-state index contributed by atoms with van der Waals surface area (Å²) >= 11 is 3.46. The first-order valence-electron chi connectivity index (χ1n) is 18.6. The molecule has 9 rings (SSSR count). The molecule has 12 heteroatoms. The zero-order valence-corrected chi connectivity index (χ0v) is 35.0. The van der Waals surface area contributed by atoms with E-state index in [4.69, 9.17) is 36.8 Å². The van der Waals surface area contributed by atoms with Crippen LogP contribution in [0, 0.1) is 0 Å². The van der Waals surface area contributed by atoms with Crippen LogP contribution in [0.25, 0.3) is 43.9 Å². The molecule has 0 aliphatic carbocycles. The summed E-state index contributed by atoms with van der Waals surface area (Å²) in [5.74, 6) is 0.